The van der Waals surface area contributed by atoms with E-state index in [1.165, 1.54) is 6.20 Å². The summed E-state index contributed by atoms with van der Waals surface area (Å²) in [5.74, 6) is 0. The number of nitro groups is 1. The number of likely N-dealkylation sites (N-methyl/N-ethyl adjacent to an activating group) is 1. The first-order chi connectivity index (χ1) is 7.65. The Morgan fingerprint density at radius 1 is 1.50 bits per heavy atom. The molecule has 0 bridgehead atoms. The molecule has 0 unspecified atom stereocenters. The van der Waals surface area contributed by atoms with Gasteiger partial charge in [0.1, 0.15) is 6.20 Å². The molecule has 2 heterocycles. The molecular formula is C8H13N5O2S. The predicted octanol–water partition coefficient (Wildman–Crippen LogP) is 0.626. The predicted molar refractivity (Wildman–Crippen MR) is 61.5 cm³/mol. The Hall–Kier alpha value is -1.25. The number of piperazine rings is 1. The van der Waals surface area contributed by atoms with Crippen LogP contribution in [0.1, 0.15) is 0 Å². The lowest BCUT2D eigenvalue weighted by Crippen LogP contribution is -2.46. The maximum Gasteiger partial charge on any atom is 0.345 e. The lowest BCUT2D eigenvalue weighted by molar-refractivity contribution is -0.380. The highest BCUT2D eigenvalue weighted by Gasteiger charge is 2.16. The van der Waals surface area contributed by atoms with Crippen molar-refractivity contribution in [1.82, 2.24) is 14.9 Å². The van der Waals surface area contributed by atoms with E-state index in [2.05, 4.69) is 22.4 Å². The zero-order chi connectivity index (χ0) is 11.5. The van der Waals surface area contributed by atoms with E-state index in [0.717, 1.165) is 37.5 Å². The standard InChI is InChI=1S/C8H13N5O2S/c1-11-2-4-12(5-3-11)10-8-9-6-7(16-8)13(14)15/h6H,2-5H2,1H3,(H,9,10). The maximum atomic E-state index is 10.5. The molecule has 1 aliphatic heterocycles. The van der Waals surface area contributed by atoms with E-state index < -0.39 is 4.92 Å². The molecular weight excluding hydrogens is 230 g/mol. The third kappa shape index (κ3) is 2.65. The Balaban J connectivity index is 1.91. The van der Waals surface area contributed by atoms with E-state index in [1.807, 2.05) is 5.01 Å². The highest BCUT2D eigenvalue weighted by atomic mass is 32.1. The third-order valence-electron chi connectivity index (χ3n) is 2.43. The van der Waals surface area contributed by atoms with Crippen molar-refractivity contribution in [3.05, 3.63) is 16.3 Å². The Morgan fingerprint density at radius 2 is 2.19 bits per heavy atom. The first kappa shape index (κ1) is 11.2. The second kappa shape index (κ2) is 4.73. The van der Waals surface area contributed by atoms with Crippen LogP contribution in [0.5, 0.6) is 0 Å². The van der Waals surface area contributed by atoms with Gasteiger partial charge >= 0.3 is 5.00 Å². The Morgan fingerprint density at radius 3 is 2.75 bits per heavy atom. The monoisotopic (exact) mass is 243 g/mol. The van der Waals surface area contributed by atoms with Gasteiger partial charge in [0.2, 0.25) is 5.13 Å². The number of thiazole rings is 1. The average molecular weight is 243 g/mol. The van der Waals surface area contributed by atoms with Crippen LogP contribution >= 0.6 is 11.3 Å². The molecule has 0 aliphatic carbocycles. The van der Waals surface area contributed by atoms with Crippen LogP contribution in [0, 0.1) is 10.1 Å². The van der Waals surface area contributed by atoms with Crippen LogP contribution in [-0.4, -0.2) is 53.0 Å². The maximum absolute atomic E-state index is 10.5. The van der Waals surface area contributed by atoms with Gasteiger partial charge in [-0.2, -0.15) is 0 Å². The number of anilines is 1. The fraction of sp³-hybridized carbons (Fsp3) is 0.625. The van der Waals surface area contributed by atoms with Gasteiger partial charge in [-0.25, -0.2) is 9.99 Å². The summed E-state index contributed by atoms with van der Waals surface area (Å²) in [4.78, 5) is 16.3. The fourth-order valence-corrected chi connectivity index (χ4v) is 2.11. The highest BCUT2D eigenvalue weighted by molar-refractivity contribution is 7.18. The zero-order valence-electron chi connectivity index (χ0n) is 8.92. The SMILES string of the molecule is CN1CCN(Nc2ncc([N+](=O)[O-])s2)CC1. The summed E-state index contributed by atoms with van der Waals surface area (Å²) in [6.07, 6.45) is 1.28. The van der Waals surface area contributed by atoms with Crippen molar-refractivity contribution in [2.24, 2.45) is 0 Å². The van der Waals surface area contributed by atoms with E-state index in [9.17, 15) is 10.1 Å². The molecule has 16 heavy (non-hydrogen) atoms. The number of nitrogens with zero attached hydrogens (tertiary/aromatic N) is 4. The quantitative estimate of drug-likeness (QED) is 0.620. The van der Waals surface area contributed by atoms with Crippen molar-refractivity contribution in [2.45, 2.75) is 0 Å². The number of rotatable bonds is 3. The Labute approximate surface area is 96.8 Å². The van der Waals surface area contributed by atoms with Crippen LogP contribution in [0.25, 0.3) is 0 Å². The van der Waals surface area contributed by atoms with Gasteiger partial charge in [-0.15, -0.1) is 0 Å². The summed E-state index contributed by atoms with van der Waals surface area (Å²) in [6.45, 7) is 3.76. The molecule has 1 aromatic rings. The van der Waals surface area contributed by atoms with E-state index in [-0.39, 0.29) is 5.00 Å². The normalized spacial score (nSPS) is 18.6. The van der Waals surface area contributed by atoms with E-state index in [1.54, 1.807) is 0 Å². The molecule has 88 valence electrons. The molecule has 0 radical (unpaired) electrons. The molecule has 1 N–H and O–H groups in total. The van der Waals surface area contributed by atoms with E-state index in [0.29, 0.717) is 5.13 Å². The molecule has 0 amide bonds. The minimum absolute atomic E-state index is 0.0663. The molecule has 0 spiro atoms. The number of hydrogen-bond acceptors (Lipinski definition) is 7. The van der Waals surface area contributed by atoms with Crippen molar-refractivity contribution in [1.29, 1.82) is 0 Å². The molecule has 0 saturated carbocycles. The number of nitrogens with one attached hydrogen (secondary N) is 1. The topological polar surface area (TPSA) is 74.5 Å². The summed E-state index contributed by atoms with van der Waals surface area (Å²) in [6, 6.07) is 0. The Kier molecular flexibility index (Phi) is 3.32. The number of hydrogen-bond donors (Lipinski definition) is 1. The van der Waals surface area contributed by atoms with Crippen LogP contribution in [0.3, 0.4) is 0 Å². The van der Waals surface area contributed by atoms with Crippen molar-refractivity contribution >= 4 is 21.5 Å². The molecule has 1 aliphatic rings. The number of aromatic nitrogens is 1. The average Bonchev–Trinajstić information content (AvgIpc) is 2.70. The lowest BCUT2D eigenvalue weighted by Gasteiger charge is -2.32. The molecule has 8 heteroatoms. The first-order valence-electron chi connectivity index (χ1n) is 4.95. The molecule has 1 saturated heterocycles. The second-order valence-corrected chi connectivity index (χ2v) is 4.67. The van der Waals surface area contributed by atoms with Gasteiger partial charge in [0.25, 0.3) is 0 Å². The van der Waals surface area contributed by atoms with Crippen LogP contribution < -0.4 is 5.43 Å². The van der Waals surface area contributed by atoms with Crippen LogP contribution in [0.2, 0.25) is 0 Å². The van der Waals surface area contributed by atoms with Gasteiger partial charge in [-0.05, 0) is 18.4 Å². The summed E-state index contributed by atoms with van der Waals surface area (Å²) in [5.41, 5.74) is 3.09. The minimum Gasteiger partial charge on any atom is -0.304 e. The van der Waals surface area contributed by atoms with E-state index in [4.69, 9.17) is 0 Å². The first-order valence-corrected chi connectivity index (χ1v) is 5.77. The molecule has 2 rings (SSSR count). The van der Waals surface area contributed by atoms with Crippen molar-refractivity contribution < 1.29 is 4.92 Å². The molecule has 1 fully saturated rings. The van der Waals surface area contributed by atoms with Gasteiger partial charge in [0.15, 0.2) is 0 Å². The van der Waals surface area contributed by atoms with Gasteiger partial charge in [0.05, 0.1) is 4.92 Å². The largest absolute Gasteiger partial charge is 0.345 e. The van der Waals surface area contributed by atoms with Crippen LogP contribution in [0.15, 0.2) is 6.20 Å². The molecule has 7 nitrogen and oxygen atoms in total. The van der Waals surface area contributed by atoms with Gasteiger partial charge in [-0.1, -0.05) is 0 Å². The zero-order valence-corrected chi connectivity index (χ0v) is 9.74. The lowest BCUT2D eigenvalue weighted by atomic mass is 10.4. The molecule has 0 aromatic carbocycles. The summed E-state index contributed by atoms with van der Waals surface area (Å²) in [5, 5.41) is 13.2. The third-order valence-corrected chi connectivity index (χ3v) is 3.28. The Bertz CT molecular complexity index is 374. The van der Waals surface area contributed by atoms with Crippen LogP contribution in [-0.2, 0) is 0 Å². The highest BCUT2D eigenvalue weighted by Crippen LogP contribution is 2.25. The van der Waals surface area contributed by atoms with E-state index >= 15 is 0 Å². The summed E-state index contributed by atoms with van der Waals surface area (Å²) in [7, 11) is 2.07. The second-order valence-electron chi connectivity index (χ2n) is 3.66. The molecule has 1 aromatic heterocycles. The minimum atomic E-state index is -0.424. The van der Waals surface area contributed by atoms with Crippen LogP contribution in [0.4, 0.5) is 10.1 Å². The van der Waals surface area contributed by atoms with Gasteiger partial charge < -0.3 is 4.90 Å². The van der Waals surface area contributed by atoms with Gasteiger partial charge in [0, 0.05) is 26.2 Å². The van der Waals surface area contributed by atoms with Gasteiger partial charge in [-0.3, -0.25) is 15.5 Å². The molecule has 0 atom stereocenters. The van der Waals surface area contributed by atoms with Crippen molar-refractivity contribution in [2.75, 3.05) is 38.7 Å². The van der Waals surface area contributed by atoms with Crippen molar-refractivity contribution in [3.8, 4) is 0 Å². The summed E-state index contributed by atoms with van der Waals surface area (Å²) >= 11 is 1.06. The van der Waals surface area contributed by atoms with Crippen molar-refractivity contribution in [3.63, 3.8) is 0 Å². The number of hydrazine groups is 1. The fourth-order valence-electron chi connectivity index (χ4n) is 1.46. The smallest absolute Gasteiger partial charge is 0.304 e. The summed E-state index contributed by atoms with van der Waals surface area (Å²) < 4.78 is 0.